The summed E-state index contributed by atoms with van der Waals surface area (Å²) in [5.74, 6) is 0.664. The highest BCUT2D eigenvalue weighted by Crippen LogP contribution is 2.18. The number of nitrogens with zero attached hydrogens (tertiary/aromatic N) is 1. The molecule has 0 radical (unpaired) electrons. The van der Waals surface area contributed by atoms with Gasteiger partial charge < -0.3 is 9.64 Å². The van der Waals surface area contributed by atoms with E-state index in [1.165, 1.54) is 11.8 Å². The van der Waals surface area contributed by atoms with Crippen molar-refractivity contribution in [3.8, 4) is 5.75 Å². The number of nitrogens with one attached hydrogen (secondary N) is 1. The maximum absolute atomic E-state index is 11.2. The largest absolute Gasteiger partial charge is 0.487 e. The number of hydrogen-bond acceptors (Lipinski definition) is 4. The number of imide groups is 1. The van der Waals surface area contributed by atoms with Gasteiger partial charge in [-0.3, -0.25) is 14.9 Å². The maximum Gasteiger partial charge on any atom is 0.324 e. The lowest BCUT2D eigenvalue weighted by molar-refractivity contribution is -0.109. The van der Waals surface area contributed by atoms with Crippen molar-refractivity contribution < 1.29 is 19.1 Å². The van der Waals surface area contributed by atoms with Gasteiger partial charge in [-0.15, -0.1) is 0 Å². The van der Waals surface area contributed by atoms with Gasteiger partial charge >= 0.3 is 6.03 Å². The highest BCUT2D eigenvalue weighted by atomic mass is 16.5. The monoisotopic (exact) mass is 262 g/mol. The summed E-state index contributed by atoms with van der Waals surface area (Å²) in [5, 5.41) is 2.07. The number of Topliss-reactive ketones (excluding diaryl/α,β-unsaturated/α-hetero) is 1. The first-order valence-corrected chi connectivity index (χ1v) is 5.87. The Bertz CT molecular complexity index is 492. The Morgan fingerprint density at radius 3 is 2.47 bits per heavy atom. The molecule has 1 aromatic rings. The van der Waals surface area contributed by atoms with E-state index in [1.807, 2.05) is 0 Å². The average Bonchev–Trinajstić information content (AvgIpc) is 2.34. The summed E-state index contributed by atoms with van der Waals surface area (Å²) >= 11 is 0. The van der Waals surface area contributed by atoms with Crippen molar-refractivity contribution >= 4 is 18.2 Å². The first-order valence-electron chi connectivity index (χ1n) is 5.87. The Hall–Kier alpha value is -2.37. The number of rotatable bonds is 4. The second-order valence-electron chi connectivity index (χ2n) is 4.29. The number of carbonyl (C=O) groups is 3. The molecule has 1 aliphatic heterocycles. The first kappa shape index (κ1) is 13.1. The van der Waals surface area contributed by atoms with Crippen molar-refractivity contribution in [2.24, 2.45) is 0 Å². The van der Waals surface area contributed by atoms with E-state index < -0.39 is 6.03 Å². The maximum atomic E-state index is 11.2. The molecular weight excluding hydrogens is 248 g/mol. The molecule has 0 unspecified atom stereocenters. The van der Waals surface area contributed by atoms with Gasteiger partial charge in [-0.1, -0.05) is 0 Å². The van der Waals surface area contributed by atoms with Gasteiger partial charge in [0, 0.05) is 5.56 Å². The molecule has 1 fully saturated rings. The zero-order chi connectivity index (χ0) is 13.8. The lowest BCUT2D eigenvalue weighted by atomic mass is 10.1. The van der Waals surface area contributed by atoms with Crippen LogP contribution in [0.4, 0.5) is 4.79 Å². The molecule has 19 heavy (non-hydrogen) atoms. The van der Waals surface area contributed by atoms with Crippen LogP contribution in [0.3, 0.4) is 0 Å². The zero-order valence-corrected chi connectivity index (χ0v) is 10.5. The molecule has 1 N–H and O–H groups in total. The zero-order valence-electron chi connectivity index (χ0n) is 10.5. The minimum absolute atomic E-state index is 0.00639. The molecule has 0 saturated carbocycles. The molecule has 0 aliphatic carbocycles. The molecule has 1 saturated heterocycles. The van der Waals surface area contributed by atoms with Crippen LogP contribution in [0.25, 0.3) is 0 Å². The van der Waals surface area contributed by atoms with Crippen molar-refractivity contribution in [3.05, 3.63) is 29.8 Å². The van der Waals surface area contributed by atoms with Gasteiger partial charge in [0.25, 0.3) is 0 Å². The molecular formula is C13H14N2O4. The lowest BCUT2D eigenvalue weighted by Gasteiger charge is -2.38. The predicted octanol–water partition coefficient (Wildman–Crippen LogP) is 0.818. The number of hydrogen-bond donors (Lipinski definition) is 1. The van der Waals surface area contributed by atoms with Crippen LogP contribution in [0, 0.1) is 0 Å². The summed E-state index contributed by atoms with van der Waals surface area (Å²) in [4.78, 5) is 33.9. The van der Waals surface area contributed by atoms with Gasteiger partial charge in [-0.2, -0.15) is 0 Å². The Morgan fingerprint density at radius 1 is 1.32 bits per heavy atom. The fourth-order valence-electron chi connectivity index (χ4n) is 1.78. The predicted molar refractivity (Wildman–Crippen MR) is 67.0 cm³/mol. The molecule has 1 aliphatic rings. The summed E-state index contributed by atoms with van der Waals surface area (Å²) in [6.07, 6.45) is 0.275. The Kier molecular flexibility index (Phi) is 3.79. The average molecular weight is 262 g/mol. The smallest absolute Gasteiger partial charge is 0.324 e. The summed E-state index contributed by atoms with van der Waals surface area (Å²) in [6, 6.07) is 6.44. The van der Waals surface area contributed by atoms with Crippen LogP contribution in [0.5, 0.6) is 5.75 Å². The van der Waals surface area contributed by atoms with Gasteiger partial charge in [-0.05, 0) is 31.2 Å². The van der Waals surface area contributed by atoms with Crippen LogP contribution >= 0.6 is 0 Å². The van der Waals surface area contributed by atoms with Gasteiger partial charge in [0.2, 0.25) is 6.41 Å². The molecule has 0 bridgehead atoms. The quantitative estimate of drug-likeness (QED) is 0.643. The number of amides is 3. The first-order chi connectivity index (χ1) is 9.10. The Balaban J connectivity index is 1.82. The standard InChI is InChI=1S/C13H14N2O4/c1-9(17)10-2-4-11(5-3-10)19-12-6-15(7-12)13(18)14-8-16/h2-5,8,12H,6-7H2,1H3,(H,14,16,18). The fourth-order valence-corrected chi connectivity index (χ4v) is 1.78. The highest BCUT2D eigenvalue weighted by molar-refractivity contribution is 5.94. The molecule has 0 atom stereocenters. The van der Waals surface area contributed by atoms with E-state index in [-0.39, 0.29) is 11.9 Å². The van der Waals surface area contributed by atoms with Gasteiger partial charge in [0.1, 0.15) is 11.9 Å². The van der Waals surface area contributed by atoms with Crippen molar-refractivity contribution in [1.29, 1.82) is 0 Å². The lowest BCUT2D eigenvalue weighted by Crippen LogP contribution is -2.58. The van der Waals surface area contributed by atoms with E-state index in [0.29, 0.717) is 30.8 Å². The number of likely N-dealkylation sites (tertiary alicyclic amines) is 1. The van der Waals surface area contributed by atoms with Gasteiger partial charge in [0.05, 0.1) is 13.1 Å². The molecule has 6 heteroatoms. The molecule has 1 heterocycles. The van der Waals surface area contributed by atoms with Crippen molar-refractivity contribution in [2.75, 3.05) is 13.1 Å². The summed E-state index contributed by atoms with van der Waals surface area (Å²) in [7, 11) is 0. The van der Waals surface area contributed by atoms with Crippen molar-refractivity contribution in [1.82, 2.24) is 10.2 Å². The molecule has 0 spiro atoms. The number of carbonyl (C=O) groups excluding carboxylic acids is 3. The minimum atomic E-state index is -0.415. The van der Waals surface area contributed by atoms with Gasteiger partial charge in [-0.25, -0.2) is 4.79 Å². The number of ketones is 1. The topological polar surface area (TPSA) is 75.7 Å². The molecule has 1 aromatic carbocycles. The van der Waals surface area contributed by atoms with Crippen molar-refractivity contribution in [2.45, 2.75) is 13.0 Å². The van der Waals surface area contributed by atoms with E-state index >= 15 is 0 Å². The van der Waals surface area contributed by atoms with Crippen molar-refractivity contribution in [3.63, 3.8) is 0 Å². The van der Waals surface area contributed by atoms with Gasteiger partial charge in [0.15, 0.2) is 5.78 Å². The molecule has 3 amide bonds. The summed E-state index contributed by atoms with van der Waals surface area (Å²) in [5.41, 5.74) is 0.632. The van der Waals surface area contributed by atoms with E-state index in [1.54, 1.807) is 24.3 Å². The Labute approximate surface area is 110 Å². The third kappa shape index (κ3) is 3.09. The second-order valence-corrected chi connectivity index (χ2v) is 4.29. The van der Waals surface area contributed by atoms with Crippen LogP contribution in [-0.2, 0) is 4.79 Å². The minimum Gasteiger partial charge on any atom is -0.487 e. The third-order valence-electron chi connectivity index (χ3n) is 2.88. The summed E-state index contributed by atoms with van der Waals surface area (Å²) in [6.45, 7) is 2.38. The molecule has 2 rings (SSSR count). The molecule has 6 nitrogen and oxygen atoms in total. The van der Waals surface area contributed by atoms with E-state index in [2.05, 4.69) is 5.32 Å². The third-order valence-corrected chi connectivity index (χ3v) is 2.88. The highest BCUT2D eigenvalue weighted by Gasteiger charge is 2.32. The van der Waals surface area contributed by atoms with Crippen LogP contribution < -0.4 is 10.1 Å². The van der Waals surface area contributed by atoms with Crippen LogP contribution in [0.2, 0.25) is 0 Å². The normalized spacial score (nSPS) is 14.5. The summed E-state index contributed by atoms with van der Waals surface area (Å²) < 4.78 is 5.62. The van der Waals surface area contributed by atoms with Crippen LogP contribution in [-0.4, -0.2) is 42.3 Å². The SMILES string of the molecule is CC(=O)c1ccc(OC2CN(C(=O)NC=O)C2)cc1. The second kappa shape index (κ2) is 5.51. The number of urea groups is 1. The van der Waals surface area contributed by atoms with Crippen LogP contribution in [0.15, 0.2) is 24.3 Å². The Morgan fingerprint density at radius 2 is 1.95 bits per heavy atom. The van der Waals surface area contributed by atoms with E-state index in [9.17, 15) is 14.4 Å². The molecule has 100 valence electrons. The van der Waals surface area contributed by atoms with E-state index in [0.717, 1.165) is 0 Å². The molecule has 0 aromatic heterocycles. The van der Waals surface area contributed by atoms with Crippen LogP contribution in [0.1, 0.15) is 17.3 Å². The number of ether oxygens (including phenoxy) is 1. The number of benzene rings is 1. The fraction of sp³-hybridized carbons (Fsp3) is 0.308. The van der Waals surface area contributed by atoms with E-state index in [4.69, 9.17) is 4.74 Å².